The maximum absolute atomic E-state index is 12.7. The van der Waals surface area contributed by atoms with Gasteiger partial charge in [0.25, 0.3) is 0 Å². The van der Waals surface area contributed by atoms with E-state index in [1.807, 2.05) is 52.0 Å². The molecule has 162 valence electrons. The third-order valence-corrected chi connectivity index (χ3v) is 6.51. The van der Waals surface area contributed by atoms with Crippen molar-refractivity contribution in [2.75, 3.05) is 20.1 Å². The third kappa shape index (κ3) is 3.81. The molecule has 9 heteroatoms. The molecule has 0 spiro atoms. The number of hydrogen-bond donors (Lipinski definition) is 0. The zero-order chi connectivity index (χ0) is 21.7. The molecule has 0 atom stereocenters. The highest BCUT2D eigenvalue weighted by atomic mass is 16.7. The number of hydrogen-bond acceptors (Lipinski definition) is 6. The molecule has 2 fully saturated rings. The second kappa shape index (κ2) is 7.55. The van der Waals surface area contributed by atoms with Gasteiger partial charge in [-0.15, -0.1) is 5.10 Å². The summed E-state index contributed by atoms with van der Waals surface area (Å²) in [5.74, 6) is 0. The molecule has 2 saturated heterocycles. The molecule has 3 heterocycles. The SMILES string of the molecule is CN1CCC(Oc2nn(C)c(=O)n2-c2ccc(B3OC(C)(C)C(C)(C)O3)cc2)CC1. The molecule has 0 radical (unpaired) electrons. The molecule has 2 aromatic rings. The smallest absolute Gasteiger partial charge is 0.460 e. The highest BCUT2D eigenvalue weighted by Crippen LogP contribution is 2.36. The van der Waals surface area contributed by atoms with Gasteiger partial charge in [0, 0.05) is 20.1 Å². The topological polar surface area (TPSA) is 70.8 Å². The Hall–Kier alpha value is -2.10. The van der Waals surface area contributed by atoms with Crippen LogP contribution in [0.4, 0.5) is 0 Å². The Bertz CT molecular complexity index is 942. The van der Waals surface area contributed by atoms with Crippen molar-refractivity contribution >= 4 is 12.6 Å². The average Bonchev–Trinajstić information content (AvgIpc) is 3.08. The minimum atomic E-state index is -0.440. The van der Waals surface area contributed by atoms with Gasteiger partial charge in [-0.05, 0) is 65.2 Å². The van der Waals surface area contributed by atoms with Crippen LogP contribution >= 0.6 is 0 Å². The van der Waals surface area contributed by atoms with Crippen molar-refractivity contribution in [3.05, 3.63) is 34.7 Å². The van der Waals surface area contributed by atoms with Crippen molar-refractivity contribution in [3.63, 3.8) is 0 Å². The second-order valence-corrected chi connectivity index (χ2v) is 9.32. The lowest BCUT2D eigenvalue weighted by Gasteiger charge is -2.32. The molecule has 1 aromatic carbocycles. The van der Waals surface area contributed by atoms with Crippen LogP contribution in [0.1, 0.15) is 40.5 Å². The van der Waals surface area contributed by atoms with E-state index in [1.165, 1.54) is 9.25 Å². The molecule has 0 bridgehead atoms. The van der Waals surface area contributed by atoms with Crippen LogP contribution in [-0.4, -0.2) is 63.8 Å². The van der Waals surface area contributed by atoms with E-state index in [0.717, 1.165) is 31.4 Å². The number of ether oxygens (including phenoxy) is 1. The van der Waals surface area contributed by atoms with Gasteiger partial charge in [-0.3, -0.25) is 0 Å². The maximum Gasteiger partial charge on any atom is 0.494 e. The molecule has 2 aliphatic heterocycles. The van der Waals surface area contributed by atoms with E-state index >= 15 is 0 Å². The van der Waals surface area contributed by atoms with Crippen molar-refractivity contribution in [1.29, 1.82) is 0 Å². The Balaban J connectivity index is 1.57. The third-order valence-electron chi connectivity index (χ3n) is 6.51. The molecular weight excluding hydrogens is 383 g/mol. The normalized spacial score (nSPS) is 21.9. The summed E-state index contributed by atoms with van der Waals surface area (Å²) in [7, 11) is 3.30. The summed E-state index contributed by atoms with van der Waals surface area (Å²) in [5.41, 5.74) is 0.585. The molecule has 30 heavy (non-hydrogen) atoms. The minimum Gasteiger partial charge on any atom is -0.460 e. The molecule has 1 aromatic heterocycles. The van der Waals surface area contributed by atoms with Crippen molar-refractivity contribution < 1.29 is 14.0 Å². The fraction of sp³-hybridized carbons (Fsp3) is 0.619. The standard InChI is InChI=1S/C21H31BN4O4/c1-20(2)21(3,4)30-22(29-20)15-7-9-16(10-8-15)26-18(23-25(6)19(26)27)28-17-11-13-24(5)14-12-17/h7-10,17H,11-14H2,1-6H3. The van der Waals surface area contributed by atoms with Crippen LogP contribution in [0.25, 0.3) is 5.69 Å². The summed E-state index contributed by atoms with van der Waals surface area (Å²) in [6.45, 7) is 10.1. The van der Waals surface area contributed by atoms with Crippen LogP contribution in [0.5, 0.6) is 6.01 Å². The number of aryl methyl sites for hydroxylation is 1. The van der Waals surface area contributed by atoms with E-state index in [-0.39, 0.29) is 11.8 Å². The largest absolute Gasteiger partial charge is 0.494 e. The Morgan fingerprint density at radius 2 is 1.60 bits per heavy atom. The lowest BCUT2D eigenvalue weighted by molar-refractivity contribution is 0.00578. The average molecular weight is 414 g/mol. The van der Waals surface area contributed by atoms with E-state index in [4.69, 9.17) is 14.0 Å². The number of piperidine rings is 1. The van der Waals surface area contributed by atoms with E-state index in [9.17, 15) is 4.79 Å². The van der Waals surface area contributed by atoms with Gasteiger partial charge < -0.3 is 18.9 Å². The van der Waals surface area contributed by atoms with Crippen LogP contribution in [0, 0.1) is 0 Å². The van der Waals surface area contributed by atoms with Gasteiger partial charge in [0.2, 0.25) is 0 Å². The molecule has 0 aliphatic carbocycles. The Labute approximate surface area is 177 Å². The summed E-state index contributed by atoms with van der Waals surface area (Å²) in [4.78, 5) is 15.0. The number of nitrogens with zero attached hydrogens (tertiary/aromatic N) is 4. The molecule has 4 rings (SSSR count). The van der Waals surface area contributed by atoms with E-state index in [1.54, 1.807) is 7.05 Å². The van der Waals surface area contributed by atoms with Crippen LogP contribution < -0.4 is 15.9 Å². The first kappa shape index (κ1) is 21.1. The number of rotatable bonds is 4. The maximum atomic E-state index is 12.7. The first-order valence-corrected chi connectivity index (χ1v) is 10.5. The fourth-order valence-corrected chi connectivity index (χ4v) is 3.75. The van der Waals surface area contributed by atoms with Crippen LogP contribution in [0.3, 0.4) is 0 Å². The summed E-state index contributed by atoms with van der Waals surface area (Å²) < 4.78 is 21.2. The van der Waals surface area contributed by atoms with Gasteiger partial charge in [0.1, 0.15) is 6.10 Å². The summed E-state index contributed by atoms with van der Waals surface area (Å²) >= 11 is 0. The van der Waals surface area contributed by atoms with E-state index in [0.29, 0.717) is 11.7 Å². The first-order chi connectivity index (χ1) is 14.1. The predicted octanol–water partition coefficient (Wildman–Crippen LogP) is 1.34. The first-order valence-electron chi connectivity index (χ1n) is 10.5. The molecule has 2 aliphatic rings. The van der Waals surface area contributed by atoms with Gasteiger partial charge in [-0.1, -0.05) is 12.1 Å². The minimum absolute atomic E-state index is 0.0609. The van der Waals surface area contributed by atoms with Crippen LogP contribution in [0.2, 0.25) is 0 Å². The van der Waals surface area contributed by atoms with Crippen LogP contribution in [-0.2, 0) is 16.4 Å². The Kier molecular flexibility index (Phi) is 5.32. The molecule has 0 amide bonds. The van der Waals surface area contributed by atoms with Gasteiger partial charge in [0.15, 0.2) is 0 Å². The Morgan fingerprint density at radius 1 is 1.03 bits per heavy atom. The quantitative estimate of drug-likeness (QED) is 0.704. The molecule has 0 unspecified atom stereocenters. The van der Waals surface area contributed by atoms with Crippen molar-refractivity contribution in [1.82, 2.24) is 19.2 Å². The number of aromatic nitrogens is 3. The van der Waals surface area contributed by atoms with Crippen LogP contribution in [0.15, 0.2) is 29.1 Å². The van der Waals surface area contributed by atoms with Crippen molar-refractivity contribution in [2.45, 2.75) is 57.8 Å². The van der Waals surface area contributed by atoms with E-state index < -0.39 is 18.3 Å². The monoisotopic (exact) mass is 414 g/mol. The van der Waals surface area contributed by atoms with Gasteiger partial charge in [-0.25, -0.2) is 14.0 Å². The summed E-state index contributed by atoms with van der Waals surface area (Å²) in [6.07, 6.45) is 1.90. The Morgan fingerprint density at radius 3 is 2.17 bits per heavy atom. The fourth-order valence-electron chi connectivity index (χ4n) is 3.75. The highest BCUT2D eigenvalue weighted by Gasteiger charge is 2.51. The molecule has 0 saturated carbocycles. The van der Waals surface area contributed by atoms with Crippen molar-refractivity contribution in [3.8, 4) is 11.7 Å². The zero-order valence-electron chi connectivity index (χ0n) is 18.7. The van der Waals surface area contributed by atoms with Gasteiger partial charge >= 0.3 is 18.8 Å². The number of benzene rings is 1. The van der Waals surface area contributed by atoms with Gasteiger partial charge in [0.05, 0.1) is 16.9 Å². The molecule has 8 nitrogen and oxygen atoms in total. The predicted molar refractivity (Wildman–Crippen MR) is 116 cm³/mol. The lowest BCUT2D eigenvalue weighted by Crippen LogP contribution is -2.41. The second-order valence-electron chi connectivity index (χ2n) is 9.32. The number of likely N-dealkylation sites (tertiary alicyclic amines) is 1. The van der Waals surface area contributed by atoms with E-state index in [2.05, 4.69) is 17.0 Å². The zero-order valence-corrected chi connectivity index (χ0v) is 18.7. The van der Waals surface area contributed by atoms with Gasteiger partial charge in [-0.2, -0.15) is 0 Å². The highest BCUT2D eigenvalue weighted by molar-refractivity contribution is 6.62. The summed E-state index contributed by atoms with van der Waals surface area (Å²) in [6, 6.07) is 7.95. The molecular formula is C21H31BN4O4. The lowest BCUT2D eigenvalue weighted by atomic mass is 9.79. The summed E-state index contributed by atoms with van der Waals surface area (Å²) in [5, 5.41) is 4.32. The molecule has 0 N–H and O–H groups in total. The van der Waals surface area contributed by atoms with Crippen molar-refractivity contribution in [2.24, 2.45) is 7.05 Å².